The van der Waals surface area contributed by atoms with Gasteiger partial charge in [-0.05, 0) is 41.7 Å². The largest absolute Gasteiger partial charge is 0.416 e. The first-order valence-corrected chi connectivity index (χ1v) is 10.6. The van der Waals surface area contributed by atoms with Crippen LogP contribution >= 0.6 is 0 Å². The Kier molecular flexibility index (Phi) is 7.48. The molecule has 0 fully saturated rings. The molecule has 0 aliphatic heterocycles. The summed E-state index contributed by atoms with van der Waals surface area (Å²) in [6, 6.07) is 12.1. The molecule has 1 aliphatic rings. The maximum Gasteiger partial charge on any atom is 0.416 e. The number of Topliss-reactive ketones (excluding diaryl/α,β-unsaturated/α-hetero) is 2. The molecule has 2 nitrogen and oxygen atoms in total. The van der Waals surface area contributed by atoms with Crippen LogP contribution in [0.25, 0.3) is 0 Å². The van der Waals surface area contributed by atoms with Crippen LogP contribution in [0.1, 0.15) is 42.0 Å². The summed E-state index contributed by atoms with van der Waals surface area (Å²) in [4.78, 5) is 24.5. The molecular formula is C26H22F6O2. The van der Waals surface area contributed by atoms with Crippen molar-refractivity contribution in [3.05, 3.63) is 94.1 Å². The van der Waals surface area contributed by atoms with Gasteiger partial charge in [0.15, 0.2) is 5.78 Å². The van der Waals surface area contributed by atoms with E-state index in [9.17, 15) is 35.9 Å². The molecular weight excluding hydrogens is 458 g/mol. The van der Waals surface area contributed by atoms with Gasteiger partial charge in [0, 0.05) is 24.3 Å². The Morgan fingerprint density at radius 1 is 0.882 bits per heavy atom. The van der Waals surface area contributed by atoms with Crippen LogP contribution in [0.5, 0.6) is 0 Å². The van der Waals surface area contributed by atoms with Gasteiger partial charge in [0.2, 0.25) is 0 Å². The Morgan fingerprint density at radius 2 is 1.50 bits per heavy atom. The Labute approximate surface area is 193 Å². The highest BCUT2D eigenvalue weighted by atomic mass is 19.4. The maximum absolute atomic E-state index is 13.2. The van der Waals surface area contributed by atoms with E-state index in [-0.39, 0.29) is 36.2 Å². The average Bonchev–Trinajstić information content (AvgIpc) is 2.75. The molecule has 0 spiro atoms. The first kappa shape index (κ1) is 25.5. The highest BCUT2D eigenvalue weighted by molar-refractivity contribution is 6.04. The fourth-order valence-corrected chi connectivity index (χ4v) is 3.84. The number of ketones is 2. The third-order valence-electron chi connectivity index (χ3n) is 5.64. The van der Waals surface area contributed by atoms with Crippen molar-refractivity contribution < 1.29 is 35.9 Å². The number of rotatable bonds is 7. The molecule has 0 radical (unpaired) electrons. The molecule has 1 unspecified atom stereocenters. The van der Waals surface area contributed by atoms with E-state index in [4.69, 9.17) is 0 Å². The number of carbonyl (C=O) groups is 2. The predicted octanol–water partition coefficient (Wildman–Crippen LogP) is 6.82. The molecule has 0 bridgehead atoms. The summed E-state index contributed by atoms with van der Waals surface area (Å²) in [7, 11) is 0. The van der Waals surface area contributed by atoms with E-state index in [1.807, 2.05) is 0 Å². The summed E-state index contributed by atoms with van der Waals surface area (Å²) in [6.07, 6.45) is -7.39. The van der Waals surface area contributed by atoms with Crippen molar-refractivity contribution in [3.63, 3.8) is 0 Å². The Bertz CT molecular complexity index is 1120. The van der Waals surface area contributed by atoms with Crippen LogP contribution in [0.4, 0.5) is 26.3 Å². The van der Waals surface area contributed by atoms with Gasteiger partial charge in [-0.2, -0.15) is 26.3 Å². The number of benzene rings is 2. The molecule has 180 valence electrons. The SMILES string of the molecule is CC1C=C(C(F)(F)F)C=C(CC(=O)CCc2ccc(Cc3ccccc3C(F)(F)F)cc2)C1=O. The summed E-state index contributed by atoms with van der Waals surface area (Å²) in [5.41, 5.74) is -0.172. The van der Waals surface area contributed by atoms with Crippen molar-refractivity contribution in [2.45, 2.75) is 45.0 Å². The van der Waals surface area contributed by atoms with Gasteiger partial charge >= 0.3 is 12.4 Å². The average molecular weight is 480 g/mol. The molecule has 0 heterocycles. The van der Waals surface area contributed by atoms with E-state index in [2.05, 4.69) is 0 Å². The summed E-state index contributed by atoms with van der Waals surface area (Å²) in [6.45, 7) is 1.36. The van der Waals surface area contributed by atoms with E-state index in [1.165, 1.54) is 19.1 Å². The number of carbonyl (C=O) groups excluding carboxylic acids is 2. The van der Waals surface area contributed by atoms with Gasteiger partial charge in [-0.15, -0.1) is 0 Å². The van der Waals surface area contributed by atoms with Crippen LogP contribution in [-0.4, -0.2) is 17.7 Å². The van der Waals surface area contributed by atoms with Crippen LogP contribution in [0.2, 0.25) is 0 Å². The minimum atomic E-state index is -4.59. The fourth-order valence-electron chi connectivity index (χ4n) is 3.84. The Hall–Kier alpha value is -3.16. The molecule has 34 heavy (non-hydrogen) atoms. The maximum atomic E-state index is 13.2. The molecule has 0 amide bonds. The number of halogens is 6. The molecule has 1 atom stereocenters. The standard InChI is InChI=1S/C26H22F6O2/c1-16-12-21(25(27,28)29)14-20(24(16)34)15-22(33)11-10-17-6-8-18(9-7-17)13-19-4-2-3-5-23(19)26(30,31)32/h2-9,12,14,16H,10-11,13,15H2,1H3. The zero-order valence-corrected chi connectivity index (χ0v) is 18.3. The number of hydrogen-bond donors (Lipinski definition) is 0. The summed E-state index contributed by atoms with van der Waals surface area (Å²) < 4.78 is 78.5. The lowest BCUT2D eigenvalue weighted by molar-refractivity contribution is -0.138. The van der Waals surface area contributed by atoms with Crippen molar-refractivity contribution in [1.29, 1.82) is 0 Å². The highest BCUT2D eigenvalue weighted by Gasteiger charge is 2.37. The van der Waals surface area contributed by atoms with E-state index >= 15 is 0 Å². The van der Waals surface area contributed by atoms with Gasteiger partial charge in [-0.1, -0.05) is 55.5 Å². The Morgan fingerprint density at radius 3 is 2.12 bits per heavy atom. The van der Waals surface area contributed by atoms with Crippen LogP contribution < -0.4 is 0 Å². The molecule has 2 aromatic carbocycles. The first-order chi connectivity index (χ1) is 15.8. The normalized spacial score (nSPS) is 16.8. The second-order valence-corrected chi connectivity index (χ2v) is 8.31. The quantitative estimate of drug-likeness (QED) is 0.408. The van der Waals surface area contributed by atoms with E-state index in [1.54, 1.807) is 30.3 Å². The van der Waals surface area contributed by atoms with Crippen LogP contribution in [0, 0.1) is 5.92 Å². The number of hydrogen-bond acceptors (Lipinski definition) is 2. The molecule has 0 N–H and O–H groups in total. The first-order valence-electron chi connectivity index (χ1n) is 10.6. The van der Waals surface area contributed by atoms with E-state index < -0.39 is 35.2 Å². The molecule has 8 heteroatoms. The van der Waals surface area contributed by atoms with E-state index in [0.717, 1.165) is 23.8 Å². The van der Waals surface area contributed by atoms with Gasteiger partial charge in [0.05, 0.1) is 11.1 Å². The van der Waals surface area contributed by atoms with Crippen molar-refractivity contribution in [1.82, 2.24) is 0 Å². The lowest BCUT2D eigenvalue weighted by atomic mass is 9.87. The van der Waals surface area contributed by atoms with Crippen molar-refractivity contribution in [2.75, 3.05) is 0 Å². The summed E-state index contributed by atoms with van der Waals surface area (Å²) in [5.74, 6) is -1.80. The summed E-state index contributed by atoms with van der Waals surface area (Å²) >= 11 is 0. The van der Waals surface area contributed by atoms with E-state index in [0.29, 0.717) is 12.0 Å². The second kappa shape index (κ2) is 9.99. The third kappa shape index (κ3) is 6.46. The molecule has 1 aliphatic carbocycles. The Balaban J connectivity index is 1.60. The molecule has 2 aromatic rings. The second-order valence-electron chi connectivity index (χ2n) is 8.31. The predicted molar refractivity (Wildman–Crippen MR) is 115 cm³/mol. The fraction of sp³-hybridized carbons (Fsp3) is 0.308. The minimum absolute atomic E-state index is 0.0281. The zero-order valence-electron chi connectivity index (χ0n) is 18.3. The summed E-state index contributed by atoms with van der Waals surface area (Å²) in [5, 5.41) is 0. The molecule has 3 rings (SSSR count). The lowest BCUT2D eigenvalue weighted by Crippen LogP contribution is -2.23. The molecule has 0 saturated heterocycles. The van der Waals surface area contributed by atoms with Crippen molar-refractivity contribution in [2.24, 2.45) is 5.92 Å². The van der Waals surface area contributed by atoms with Gasteiger partial charge in [-0.25, -0.2) is 0 Å². The highest BCUT2D eigenvalue weighted by Crippen LogP contribution is 2.34. The number of allylic oxidation sites excluding steroid dienone is 4. The van der Waals surface area contributed by atoms with Gasteiger partial charge < -0.3 is 0 Å². The van der Waals surface area contributed by atoms with Crippen molar-refractivity contribution in [3.8, 4) is 0 Å². The third-order valence-corrected chi connectivity index (χ3v) is 5.64. The molecule has 0 aromatic heterocycles. The van der Waals surface area contributed by atoms with Crippen LogP contribution in [0.3, 0.4) is 0 Å². The van der Waals surface area contributed by atoms with Crippen LogP contribution in [-0.2, 0) is 28.6 Å². The number of alkyl halides is 6. The smallest absolute Gasteiger partial charge is 0.299 e. The zero-order chi connectivity index (χ0) is 25.1. The minimum Gasteiger partial charge on any atom is -0.299 e. The van der Waals surface area contributed by atoms with Gasteiger partial charge in [0.25, 0.3) is 0 Å². The number of aryl methyl sites for hydroxylation is 1. The topological polar surface area (TPSA) is 34.1 Å². The lowest BCUT2D eigenvalue weighted by Gasteiger charge is -2.19. The van der Waals surface area contributed by atoms with Gasteiger partial charge in [0.1, 0.15) is 5.78 Å². The van der Waals surface area contributed by atoms with Crippen LogP contribution in [0.15, 0.2) is 71.8 Å². The monoisotopic (exact) mass is 480 g/mol. The molecule has 0 saturated carbocycles. The van der Waals surface area contributed by atoms with Crippen molar-refractivity contribution >= 4 is 11.6 Å². The van der Waals surface area contributed by atoms with Gasteiger partial charge in [-0.3, -0.25) is 9.59 Å².